The summed E-state index contributed by atoms with van der Waals surface area (Å²) in [5.74, 6) is -0.756. The molecule has 5 heteroatoms. The third kappa shape index (κ3) is 4.44. The first-order valence-corrected chi connectivity index (χ1v) is 5.91. The molecule has 1 rings (SSSR count). The quantitative estimate of drug-likeness (QED) is 0.783. The smallest absolute Gasteiger partial charge is 0.243 e. The second kappa shape index (κ2) is 6.91. The van der Waals surface area contributed by atoms with Crippen molar-refractivity contribution < 1.29 is 9.59 Å². The molecule has 0 bridgehead atoms. The van der Waals surface area contributed by atoms with Crippen LogP contribution in [0, 0.1) is 0 Å². The molecular weight excluding hydrogens is 240 g/mol. The Morgan fingerprint density at radius 1 is 1.24 bits per heavy atom. The zero-order valence-corrected chi connectivity index (χ0v) is 10.4. The number of aryl methyl sites for hydroxylation is 1. The monoisotopic (exact) mass is 254 g/mol. The molecule has 2 amide bonds. The highest BCUT2D eigenvalue weighted by Gasteiger charge is 2.06. The van der Waals surface area contributed by atoms with Gasteiger partial charge in [0.15, 0.2) is 0 Å². The van der Waals surface area contributed by atoms with Crippen molar-refractivity contribution in [3.63, 3.8) is 0 Å². The highest BCUT2D eigenvalue weighted by molar-refractivity contribution is 6.27. The second-order valence-electron chi connectivity index (χ2n) is 3.47. The molecule has 1 aromatic rings. The first-order valence-electron chi connectivity index (χ1n) is 5.37. The number of benzene rings is 1. The number of amides is 2. The van der Waals surface area contributed by atoms with Gasteiger partial charge in [-0.3, -0.25) is 9.59 Å². The molecule has 4 nitrogen and oxygen atoms in total. The molecule has 2 N–H and O–H groups in total. The van der Waals surface area contributed by atoms with E-state index in [0.717, 1.165) is 17.7 Å². The standard InChI is InChI=1S/C12H15ClN2O2/c1-2-9-5-3-4-6-10(9)15-12(17)8-14-11(16)7-13/h3-6H,2,7-8H2,1H3,(H,14,16)(H,15,17). The van der Waals surface area contributed by atoms with Gasteiger partial charge in [-0.2, -0.15) is 0 Å². The van der Waals surface area contributed by atoms with E-state index < -0.39 is 0 Å². The molecule has 0 unspecified atom stereocenters. The van der Waals surface area contributed by atoms with E-state index in [9.17, 15) is 9.59 Å². The lowest BCUT2D eigenvalue weighted by molar-refractivity contribution is -0.122. The molecule has 0 aromatic heterocycles. The van der Waals surface area contributed by atoms with Crippen LogP contribution in [0.3, 0.4) is 0 Å². The van der Waals surface area contributed by atoms with Crippen LogP contribution in [0.2, 0.25) is 0 Å². The van der Waals surface area contributed by atoms with Gasteiger partial charge in [0.1, 0.15) is 5.88 Å². The van der Waals surface area contributed by atoms with Gasteiger partial charge in [-0.25, -0.2) is 0 Å². The molecule has 0 saturated heterocycles. The molecule has 17 heavy (non-hydrogen) atoms. The Kier molecular flexibility index (Phi) is 5.49. The summed E-state index contributed by atoms with van der Waals surface area (Å²) in [5.41, 5.74) is 1.84. The number of para-hydroxylation sites is 1. The topological polar surface area (TPSA) is 58.2 Å². The van der Waals surface area contributed by atoms with E-state index in [4.69, 9.17) is 11.6 Å². The van der Waals surface area contributed by atoms with Gasteiger partial charge in [0.2, 0.25) is 11.8 Å². The summed E-state index contributed by atoms with van der Waals surface area (Å²) in [6, 6.07) is 7.56. The van der Waals surface area contributed by atoms with Crippen LogP contribution >= 0.6 is 11.6 Å². The highest BCUT2D eigenvalue weighted by Crippen LogP contribution is 2.14. The largest absolute Gasteiger partial charge is 0.346 e. The van der Waals surface area contributed by atoms with Gasteiger partial charge in [-0.05, 0) is 18.1 Å². The molecule has 0 aliphatic heterocycles. The summed E-state index contributed by atoms with van der Waals surface area (Å²) in [6.45, 7) is 1.95. The first kappa shape index (κ1) is 13.5. The Morgan fingerprint density at radius 2 is 1.94 bits per heavy atom. The number of carbonyl (C=O) groups is 2. The lowest BCUT2D eigenvalue weighted by Crippen LogP contribution is -2.33. The zero-order chi connectivity index (χ0) is 12.7. The maximum absolute atomic E-state index is 11.5. The summed E-state index contributed by atoms with van der Waals surface area (Å²) in [4.78, 5) is 22.4. The number of carbonyl (C=O) groups excluding carboxylic acids is 2. The normalized spacial score (nSPS) is 9.76. The van der Waals surface area contributed by atoms with Crippen molar-refractivity contribution in [1.82, 2.24) is 5.32 Å². The number of hydrogen-bond donors (Lipinski definition) is 2. The van der Waals surface area contributed by atoms with E-state index in [1.807, 2.05) is 31.2 Å². The number of alkyl halides is 1. The Balaban J connectivity index is 2.53. The molecule has 0 aliphatic carbocycles. The maximum Gasteiger partial charge on any atom is 0.243 e. The van der Waals surface area contributed by atoms with E-state index in [1.165, 1.54) is 0 Å². The minimum atomic E-state index is -0.356. The van der Waals surface area contributed by atoms with Crippen LogP contribution in [0.1, 0.15) is 12.5 Å². The van der Waals surface area contributed by atoms with E-state index in [-0.39, 0.29) is 24.2 Å². The van der Waals surface area contributed by atoms with Crippen LogP contribution in [-0.4, -0.2) is 24.2 Å². The number of rotatable bonds is 5. The van der Waals surface area contributed by atoms with Gasteiger partial charge in [-0.1, -0.05) is 25.1 Å². The van der Waals surface area contributed by atoms with Gasteiger partial charge in [0, 0.05) is 5.69 Å². The molecule has 92 valence electrons. The molecule has 0 fully saturated rings. The van der Waals surface area contributed by atoms with Crippen LogP contribution in [0.5, 0.6) is 0 Å². The number of anilines is 1. The third-order valence-electron chi connectivity index (χ3n) is 2.24. The highest BCUT2D eigenvalue weighted by atomic mass is 35.5. The lowest BCUT2D eigenvalue weighted by Gasteiger charge is -2.09. The molecule has 1 aromatic carbocycles. The van der Waals surface area contributed by atoms with Crippen LogP contribution < -0.4 is 10.6 Å². The molecular formula is C12H15ClN2O2. The first-order chi connectivity index (χ1) is 8.17. The number of hydrogen-bond acceptors (Lipinski definition) is 2. The fourth-order valence-corrected chi connectivity index (χ4v) is 1.47. The number of halogens is 1. The predicted molar refractivity (Wildman–Crippen MR) is 68.2 cm³/mol. The summed E-state index contributed by atoms with van der Waals surface area (Å²) < 4.78 is 0. The minimum Gasteiger partial charge on any atom is -0.346 e. The lowest BCUT2D eigenvalue weighted by atomic mass is 10.1. The Hall–Kier alpha value is -1.55. The predicted octanol–water partition coefficient (Wildman–Crippen LogP) is 1.54. The van der Waals surface area contributed by atoms with Gasteiger partial charge < -0.3 is 10.6 Å². The maximum atomic E-state index is 11.5. The van der Waals surface area contributed by atoms with Crippen LogP contribution in [0.25, 0.3) is 0 Å². The molecule has 0 heterocycles. The molecule has 0 atom stereocenters. The average Bonchev–Trinajstić information content (AvgIpc) is 2.36. The summed E-state index contributed by atoms with van der Waals surface area (Å²) in [5, 5.41) is 5.15. The van der Waals surface area contributed by atoms with Crippen molar-refractivity contribution in [2.45, 2.75) is 13.3 Å². The summed E-state index contributed by atoms with van der Waals surface area (Å²) in [6.07, 6.45) is 0.838. The Morgan fingerprint density at radius 3 is 2.59 bits per heavy atom. The van der Waals surface area contributed by atoms with E-state index in [0.29, 0.717) is 0 Å². The Labute approximate surface area is 105 Å². The van der Waals surface area contributed by atoms with Crippen LogP contribution in [0.15, 0.2) is 24.3 Å². The minimum absolute atomic E-state index is 0.0659. The van der Waals surface area contributed by atoms with Crippen molar-refractivity contribution >= 4 is 29.1 Å². The van der Waals surface area contributed by atoms with Gasteiger partial charge in [-0.15, -0.1) is 11.6 Å². The zero-order valence-electron chi connectivity index (χ0n) is 9.63. The number of nitrogens with one attached hydrogen (secondary N) is 2. The molecule has 0 aliphatic rings. The average molecular weight is 255 g/mol. The second-order valence-corrected chi connectivity index (χ2v) is 3.74. The molecule has 0 radical (unpaired) electrons. The third-order valence-corrected chi connectivity index (χ3v) is 2.48. The van der Waals surface area contributed by atoms with Gasteiger partial charge in [0.25, 0.3) is 0 Å². The molecule has 0 saturated carbocycles. The molecule has 0 spiro atoms. The van der Waals surface area contributed by atoms with E-state index in [1.54, 1.807) is 0 Å². The Bertz CT molecular complexity index is 407. The fraction of sp³-hybridized carbons (Fsp3) is 0.333. The van der Waals surface area contributed by atoms with Crippen molar-refractivity contribution in [2.75, 3.05) is 17.7 Å². The van der Waals surface area contributed by atoms with Gasteiger partial charge >= 0.3 is 0 Å². The van der Waals surface area contributed by atoms with E-state index >= 15 is 0 Å². The van der Waals surface area contributed by atoms with Gasteiger partial charge in [0.05, 0.1) is 6.54 Å². The van der Waals surface area contributed by atoms with Crippen molar-refractivity contribution in [1.29, 1.82) is 0 Å². The summed E-state index contributed by atoms with van der Waals surface area (Å²) in [7, 11) is 0. The fourth-order valence-electron chi connectivity index (χ4n) is 1.37. The summed E-state index contributed by atoms with van der Waals surface area (Å²) >= 11 is 5.30. The van der Waals surface area contributed by atoms with Crippen LogP contribution in [-0.2, 0) is 16.0 Å². The van der Waals surface area contributed by atoms with E-state index in [2.05, 4.69) is 10.6 Å². The SMILES string of the molecule is CCc1ccccc1NC(=O)CNC(=O)CCl. The van der Waals surface area contributed by atoms with Crippen molar-refractivity contribution in [2.24, 2.45) is 0 Å². The van der Waals surface area contributed by atoms with Crippen molar-refractivity contribution in [3.8, 4) is 0 Å². The van der Waals surface area contributed by atoms with Crippen molar-refractivity contribution in [3.05, 3.63) is 29.8 Å². The van der Waals surface area contributed by atoms with Crippen LogP contribution in [0.4, 0.5) is 5.69 Å².